The van der Waals surface area contributed by atoms with Crippen LogP contribution in [-0.2, 0) is 13.1 Å². The van der Waals surface area contributed by atoms with Gasteiger partial charge in [-0.1, -0.05) is 24.3 Å². The lowest BCUT2D eigenvalue weighted by Crippen LogP contribution is -2.27. The molecule has 26 heavy (non-hydrogen) atoms. The average Bonchev–Trinajstić information content (AvgIpc) is 2.60. The zero-order valence-corrected chi connectivity index (χ0v) is 13.9. The fourth-order valence-corrected chi connectivity index (χ4v) is 2.44. The minimum Gasteiger partial charge on any atom is -0.507 e. The Kier molecular flexibility index (Phi) is 6.54. The van der Waals surface area contributed by atoms with Crippen LogP contribution >= 0.6 is 0 Å². The van der Waals surface area contributed by atoms with E-state index < -0.39 is 11.9 Å². The lowest BCUT2D eigenvalue weighted by Gasteiger charge is -2.10. The monoisotopic (exact) mass is 360 g/mol. The van der Waals surface area contributed by atoms with E-state index in [-0.39, 0.29) is 22.6 Å². The van der Waals surface area contributed by atoms with Crippen LogP contribution in [-0.4, -0.2) is 45.5 Å². The van der Waals surface area contributed by atoms with Crippen LogP contribution in [0.4, 0.5) is 0 Å². The fraction of sp³-hybridized carbons (Fsp3) is 0.222. The molecule has 0 spiro atoms. The average molecular weight is 360 g/mol. The summed E-state index contributed by atoms with van der Waals surface area (Å²) >= 11 is 0. The molecule has 2 aromatic rings. The van der Waals surface area contributed by atoms with E-state index in [0.717, 1.165) is 0 Å². The number of para-hydroxylation sites is 2. The van der Waals surface area contributed by atoms with E-state index in [1.165, 1.54) is 12.1 Å². The maximum atomic E-state index is 11.0. The fourth-order valence-electron chi connectivity index (χ4n) is 2.44. The molecule has 2 rings (SSSR count). The molecule has 0 atom stereocenters. The molecule has 6 N–H and O–H groups in total. The van der Waals surface area contributed by atoms with E-state index in [4.69, 9.17) is 10.2 Å². The first-order valence-corrected chi connectivity index (χ1v) is 7.91. The van der Waals surface area contributed by atoms with Gasteiger partial charge >= 0.3 is 11.9 Å². The van der Waals surface area contributed by atoms with Gasteiger partial charge in [-0.15, -0.1) is 0 Å². The van der Waals surface area contributed by atoms with E-state index in [1.54, 1.807) is 24.3 Å². The molecule has 0 aliphatic rings. The molecule has 0 saturated carbocycles. The number of rotatable bonds is 9. The van der Waals surface area contributed by atoms with Crippen molar-refractivity contribution in [2.45, 2.75) is 13.1 Å². The van der Waals surface area contributed by atoms with Gasteiger partial charge < -0.3 is 31.1 Å². The Labute approximate surface area is 149 Å². The predicted octanol–water partition coefficient (Wildman–Crippen LogP) is 1.37. The van der Waals surface area contributed by atoms with Crippen molar-refractivity contribution in [2.24, 2.45) is 0 Å². The van der Waals surface area contributed by atoms with E-state index in [2.05, 4.69) is 10.6 Å². The van der Waals surface area contributed by atoms with Crippen molar-refractivity contribution in [3.05, 3.63) is 58.7 Å². The molecule has 0 aliphatic carbocycles. The number of aromatic carboxylic acids is 2. The zero-order chi connectivity index (χ0) is 19.1. The number of carboxylic acid groups (broad SMARTS) is 2. The van der Waals surface area contributed by atoms with E-state index in [1.807, 2.05) is 0 Å². The number of carboxylic acids is 2. The second-order valence-corrected chi connectivity index (χ2v) is 5.59. The van der Waals surface area contributed by atoms with Crippen LogP contribution in [0.5, 0.6) is 11.5 Å². The van der Waals surface area contributed by atoms with Gasteiger partial charge in [-0.25, -0.2) is 9.59 Å². The summed E-state index contributed by atoms with van der Waals surface area (Å²) in [7, 11) is 0. The summed E-state index contributed by atoms with van der Waals surface area (Å²) in [5.74, 6) is -2.88. The summed E-state index contributed by atoms with van der Waals surface area (Å²) in [4.78, 5) is 21.9. The molecule has 0 unspecified atom stereocenters. The third-order valence-electron chi connectivity index (χ3n) is 3.81. The maximum absolute atomic E-state index is 11.0. The quantitative estimate of drug-likeness (QED) is 0.369. The van der Waals surface area contributed by atoms with Gasteiger partial charge in [-0.2, -0.15) is 0 Å². The standard InChI is InChI=1S/C18H20N2O6/c21-15-11(3-1-5-13(15)17(23)24)9-19-7-8-20-10-12-4-2-6-14(16(12)22)18(25)26/h1-6,19-22H,7-10H2,(H,23,24)(H,25,26). The Morgan fingerprint density at radius 3 is 1.46 bits per heavy atom. The first kappa shape index (κ1) is 19.2. The molecule has 0 saturated heterocycles. The third kappa shape index (κ3) is 4.71. The third-order valence-corrected chi connectivity index (χ3v) is 3.81. The molecule has 0 bridgehead atoms. The van der Waals surface area contributed by atoms with Gasteiger partial charge in [0.1, 0.15) is 22.6 Å². The minimum atomic E-state index is -1.19. The van der Waals surface area contributed by atoms with Gasteiger partial charge in [0, 0.05) is 37.3 Å². The number of nitrogens with one attached hydrogen (secondary N) is 2. The number of hydrogen-bond acceptors (Lipinski definition) is 6. The van der Waals surface area contributed by atoms with E-state index in [0.29, 0.717) is 37.3 Å². The first-order valence-electron chi connectivity index (χ1n) is 7.91. The Morgan fingerprint density at radius 1 is 0.731 bits per heavy atom. The second-order valence-electron chi connectivity index (χ2n) is 5.59. The zero-order valence-electron chi connectivity index (χ0n) is 13.9. The smallest absolute Gasteiger partial charge is 0.339 e. The molecule has 0 aromatic heterocycles. The summed E-state index contributed by atoms with van der Waals surface area (Å²) in [6.45, 7) is 1.65. The van der Waals surface area contributed by atoms with Crippen molar-refractivity contribution >= 4 is 11.9 Å². The SMILES string of the molecule is O=C(O)c1cccc(CNCCNCc2cccc(C(=O)O)c2O)c1O. The van der Waals surface area contributed by atoms with Crippen LogP contribution in [0, 0.1) is 0 Å². The number of aromatic hydroxyl groups is 2. The van der Waals surface area contributed by atoms with Crippen molar-refractivity contribution in [1.82, 2.24) is 10.6 Å². The minimum absolute atomic E-state index is 0.142. The highest BCUT2D eigenvalue weighted by molar-refractivity contribution is 5.91. The highest BCUT2D eigenvalue weighted by Crippen LogP contribution is 2.23. The van der Waals surface area contributed by atoms with E-state index >= 15 is 0 Å². The summed E-state index contributed by atoms with van der Waals surface area (Å²) in [5, 5.41) is 43.9. The van der Waals surface area contributed by atoms with Gasteiger partial charge in [0.2, 0.25) is 0 Å². The highest BCUT2D eigenvalue weighted by atomic mass is 16.4. The number of hydrogen-bond donors (Lipinski definition) is 6. The Balaban J connectivity index is 1.79. The molecule has 0 aliphatic heterocycles. The van der Waals surface area contributed by atoms with Crippen molar-refractivity contribution in [2.75, 3.05) is 13.1 Å². The molecule has 8 nitrogen and oxygen atoms in total. The summed E-state index contributed by atoms with van der Waals surface area (Å²) < 4.78 is 0. The van der Waals surface area contributed by atoms with Crippen molar-refractivity contribution in [3.63, 3.8) is 0 Å². The summed E-state index contributed by atoms with van der Waals surface area (Å²) in [5.41, 5.74) is 0.681. The van der Waals surface area contributed by atoms with Gasteiger partial charge in [-0.05, 0) is 12.1 Å². The van der Waals surface area contributed by atoms with Crippen molar-refractivity contribution < 1.29 is 30.0 Å². The number of phenols is 2. The molecule has 0 fully saturated rings. The largest absolute Gasteiger partial charge is 0.507 e. The molecule has 0 amide bonds. The van der Waals surface area contributed by atoms with Crippen LogP contribution in [0.15, 0.2) is 36.4 Å². The lowest BCUT2D eigenvalue weighted by molar-refractivity contribution is 0.0682. The Morgan fingerprint density at radius 2 is 1.12 bits per heavy atom. The van der Waals surface area contributed by atoms with Crippen LogP contribution in [0.1, 0.15) is 31.8 Å². The highest BCUT2D eigenvalue weighted by Gasteiger charge is 2.13. The van der Waals surface area contributed by atoms with Crippen LogP contribution in [0.25, 0.3) is 0 Å². The molecule has 138 valence electrons. The van der Waals surface area contributed by atoms with E-state index in [9.17, 15) is 19.8 Å². The molecule has 0 radical (unpaired) electrons. The molecule has 2 aromatic carbocycles. The van der Waals surface area contributed by atoms with Gasteiger partial charge in [0.05, 0.1) is 0 Å². The molecule has 8 heteroatoms. The Hall–Kier alpha value is -3.10. The van der Waals surface area contributed by atoms with Crippen LogP contribution < -0.4 is 10.6 Å². The van der Waals surface area contributed by atoms with Crippen molar-refractivity contribution in [3.8, 4) is 11.5 Å². The van der Waals surface area contributed by atoms with Crippen molar-refractivity contribution in [1.29, 1.82) is 0 Å². The summed E-state index contributed by atoms with van der Waals surface area (Å²) in [6.07, 6.45) is 0. The molecule has 0 heterocycles. The maximum Gasteiger partial charge on any atom is 0.339 e. The predicted molar refractivity (Wildman–Crippen MR) is 93.5 cm³/mol. The number of benzene rings is 2. The topological polar surface area (TPSA) is 139 Å². The van der Waals surface area contributed by atoms with Crippen LogP contribution in [0.2, 0.25) is 0 Å². The molecular weight excluding hydrogens is 340 g/mol. The van der Waals surface area contributed by atoms with Gasteiger partial charge in [-0.3, -0.25) is 0 Å². The summed E-state index contributed by atoms with van der Waals surface area (Å²) in [6, 6.07) is 9.07. The van der Waals surface area contributed by atoms with Gasteiger partial charge in [0.25, 0.3) is 0 Å². The van der Waals surface area contributed by atoms with Gasteiger partial charge in [0.15, 0.2) is 0 Å². The number of carbonyl (C=O) groups is 2. The molecular formula is C18H20N2O6. The Bertz CT molecular complexity index is 739. The normalized spacial score (nSPS) is 10.6. The second kappa shape index (κ2) is 8.84. The first-order chi connectivity index (χ1) is 12.4. The lowest BCUT2D eigenvalue weighted by atomic mass is 10.1. The van der Waals surface area contributed by atoms with Crippen LogP contribution in [0.3, 0.4) is 0 Å².